The molecular weight excluding hydrogens is 180 g/mol. The molecule has 0 saturated heterocycles. The van der Waals surface area contributed by atoms with Gasteiger partial charge in [0.2, 0.25) is 0 Å². The van der Waals surface area contributed by atoms with Crippen LogP contribution in [-0.4, -0.2) is 24.2 Å². The van der Waals surface area contributed by atoms with Crippen LogP contribution in [0.15, 0.2) is 15.6 Å². The number of aryl methyl sites for hydroxylation is 1. The van der Waals surface area contributed by atoms with Crippen molar-refractivity contribution in [2.45, 2.75) is 19.9 Å². The molecule has 14 heavy (non-hydrogen) atoms. The predicted octanol–water partition coefficient (Wildman–Crippen LogP) is 0.422. The Balaban J connectivity index is 1.84. The predicted molar refractivity (Wildman–Crippen MR) is 53.0 cm³/mol. The minimum atomic E-state index is 0.656. The second-order valence-electron chi connectivity index (χ2n) is 3.29. The molecule has 0 atom stereocenters. The smallest absolute Gasteiger partial charge is 0.191 e. The topological polar surface area (TPSA) is 62.5 Å². The second-order valence-corrected chi connectivity index (χ2v) is 3.29. The normalized spacial score (nSPS) is 15.9. The Kier molecular flexibility index (Phi) is 2.67. The highest BCUT2D eigenvalue weighted by molar-refractivity contribution is 5.80. The van der Waals surface area contributed by atoms with E-state index in [0.29, 0.717) is 6.54 Å². The molecule has 2 N–H and O–H groups in total. The number of rotatable bonds is 2. The maximum absolute atomic E-state index is 4.95. The molecule has 0 aliphatic carbocycles. The average Bonchev–Trinajstić information content (AvgIpc) is 2.63. The second kappa shape index (κ2) is 4.13. The minimum absolute atomic E-state index is 0.656. The van der Waals surface area contributed by atoms with Crippen LogP contribution < -0.4 is 10.6 Å². The molecule has 1 aliphatic rings. The van der Waals surface area contributed by atoms with Crippen molar-refractivity contribution in [3.63, 3.8) is 0 Å². The van der Waals surface area contributed by atoms with Crippen molar-refractivity contribution >= 4 is 5.96 Å². The van der Waals surface area contributed by atoms with E-state index in [1.165, 1.54) is 0 Å². The fraction of sp³-hybridized carbons (Fsp3) is 0.556. The van der Waals surface area contributed by atoms with Gasteiger partial charge in [0, 0.05) is 19.2 Å². The van der Waals surface area contributed by atoms with Crippen LogP contribution in [0.3, 0.4) is 0 Å². The Morgan fingerprint density at radius 2 is 2.57 bits per heavy atom. The van der Waals surface area contributed by atoms with Gasteiger partial charge in [0.05, 0.1) is 6.54 Å². The van der Waals surface area contributed by atoms with Crippen LogP contribution in [-0.2, 0) is 6.54 Å². The third-order valence-electron chi connectivity index (χ3n) is 2.01. The van der Waals surface area contributed by atoms with Gasteiger partial charge in [-0.05, 0) is 13.3 Å². The number of aromatic nitrogens is 1. The summed E-state index contributed by atoms with van der Waals surface area (Å²) >= 11 is 0. The van der Waals surface area contributed by atoms with Gasteiger partial charge in [-0.3, -0.25) is 4.99 Å². The Bertz CT molecular complexity index is 331. The summed E-state index contributed by atoms with van der Waals surface area (Å²) in [6.07, 6.45) is 1.11. The van der Waals surface area contributed by atoms with E-state index in [9.17, 15) is 0 Å². The van der Waals surface area contributed by atoms with E-state index in [2.05, 4.69) is 20.8 Å². The molecule has 0 aromatic carbocycles. The number of hydrogen-bond donors (Lipinski definition) is 2. The molecule has 0 bridgehead atoms. The van der Waals surface area contributed by atoms with E-state index in [1.807, 2.05) is 13.0 Å². The quantitative estimate of drug-likeness (QED) is 0.716. The maximum atomic E-state index is 4.95. The highest BCUT2D eigenvalue weighted by Crippen LogP contribution is 2.00. The zero-order chi connectivity index (χ0) is 9.80. The van der Waals surface area contributed by atoms with Crippen LogP contribution >= 0.6 is 0 Å². The molecule has 2 rings (SSSR count). The van der Waals surface area contributed by atoms with E-state index >= 15 is 0 Å². The molecule has 0 amide bonds. The molecule has 0 fully saturated rings. The van der Waals surface area contributed by atoms with Gasteiger partial charge in [-0.15, -0.1) is 0 Å². The Morgan fingerprint density at radius 1 is 1.64 bits per heavy atom. The third-order valence-corrected chi connectivity index (χ3v) is 2.01. The summed E-state index contributed by atoms with van der Waals surface area (Å²) < 4.78 is 4.95. The lowest BCUT2D eigenvalue weighted by Gasteiger charge is -2.14. The fourth-order valence-corrected chi connectivity index (χ4v) is 1.33. The summed E-state index contributed by atoms with van der Waals surface area (Å²) in [7, 11) is 0. The van der Waals surface area contributed by atoms with E-state index < -0.39 is 0 Å². The first-order valence-corrected chi connectivity index (χ1v) is 4.79. The summed E-state index contributed by atoms with van der Waals surface area (Å²) in [6.45, 7) is 4.42. The molecule has 1 aromatic rings. The minimum Gasteiger partial charge on any atom is -0.361 e. The van der Waals surface area contributed by atoms with Crippen LogP contribution in [0.5, 0.6) is 0 Å². The lowest BCUT2D eigenvalue weighted by atomic mass is 10.3. The van der Waals surface area contributed by atoms with Crippen molar-refractivity contribution in [2.24, 2.45) is 4.99 Å². The van der Waals surface area contributed by atoms with Crippen molar-refractivity contribution in [3.8, 4) is 0 Å². The molecule has 76 valence electrons. The first-order valence-electron chi connectivity index (χ1n) is 4.79. The molecular formula is C9H14N4O. The summed E-state index contributed by atoms with van der Waals surface area (Å²) in [5, 5.41) is 10.2. The largest absolute Gasteiger partial charge is 0.361 e. The number of nitrogens with one attached hydrogen (secondary N) is 2. The number of nitrogens with zero attached hydrogens (tertiary/aromatic N) is 2. The van der Waals surface area contributed by atoms with Crippen molar-refractivity contribution in [1.29, 1.82) is 0 Å². The Labute approximate surface area is 82.6 Å². The van der Waals surface area contributed by atoms with Gasteiger partial charge in [-0.2, -0.15) is 0 Å². The number of aliphatic imine (C=N–C) groups is 1. The van der Waals surface area contributed by atoms with Gasteiger partial charge < -0.3 is 15.2 Å². The lowest BCUT2D eigenvalue weighted by molar-refractivity contribution is 0.389. The Hall–Kier alpha value is -1.52. The zero-order valence-electron chi connectivity index (χ0n) is 8.21. The lowest BCUT2D eigenvalue weighted by Crippen LogP contribution is -2.40. The van der Waals surface area contributed by atoms with E-state index in [0.717, 1.165) is 36.9 Å². The molecule has 5 heteroatoms. The monoisotopic (exact) mass is 194 g/mol. The fourth-order valence-electron chi connectivity index (χ4n) is 1.33. The van der Waals surface area contributed by atoms with Crippen molar-refractivity contribution in [3.05, 3.63) is 17.5 Å². The molecule has 2 heterocycles. The molecule has 5 nitrogen and oxygen atoms in total. The van der Waals surface area contributed by atoms with Crippen molar-refractivity contribution in [2.75, 3.05) is 13.1 Å². The standard InChI is InChI=1S/C9H14N4O/c1-7-5-8(13-14-7)6-12-9-10-3-2-4-11-9/h5H,2-4,6H2,1H3,(H2,10,11,12). The summed E-state index contributed by atoms with van der Waals surface area (Å²) in [5.41, 5.74) is 0.901. The van der Waals surface area contributed by atoms with Crippen LogP contribution in [0.1, 0.15) is 17.9 Å². The van der Waals surface area contributed by atoms with Crippen molar-refractivity contribution < 1.29 is 4.52 Å². The van der Waals surface area contributed by atoms with Crippen molar-refractivity contribution in [1.82, 2.24) is 15.8 Å². The summed E-state index contributed by atoms with van der Waals surface area (Å²) in [6, 6.07) is 1.91. The average molecular weight is 194 g/mol. The zero-order valence-corrected chi connectivity index (χ0v) is 8.21. The molecule has 0 spiro atoms. The van der Waals surface area contributed by atoms with Gasteiger partial charge >= 0.3 is 0 Å². The first-order chi connectivity index (χ1) is 6.84. The Morgan fingerprint density at radius 3 is 3.21 bits per heavy atom. The number of guanidine groups is 1. The molecule has 0 unspecified atom stereocenters. The van der Waals surface area contributed by atoms with Crippen LogP contribution in [0.4, 0.5) is 0 Å². The van der Waals surface area contributed by atoms with E-state index in [1.54, 1.807) is 0 Å². The molecule has 1 aliphatic heterocycles. The summed E-state index contributed by atoms with van der Waals surface area (Å²) in [4.78, 5) is 4.29. The van der Waals surface area contributed by atoms with Gasteiger partial charge in [-0.1, -0.05) is 5.16 Å². The molecule has 1 aromatic heterocycles. The SMILES string of the molecule is Cc1cc(CNC2=NCCCN2)no1. The van der Waals surface area contributed by atoms with Crippen LogP contribution in [0.2, 0.25) is 0 Å². The summed E-state index contributed by atoms with van der Waals surface area (Å²) in [5.74, 6) is 1.69. The maximum Gasteiger partial charge on any atom is 0.191 e. The highest BCUT2D eigenvalue weighted by Gasteiger charge is 2.04. The molecule has 0 radical (unpaired) electrons. The van der Waals surface area contributed by atoms with E-state index in [4.69, 9.17) is 4.52 Å². The van der Waals surface area contributed by atoms with Crippen LogP contribution in [0.25, 0.3) is 0 Å². The van der Waals surface area contributed by atoms with Gasteiger partial charge in [0.1, 0.15) is 11.5 Å². The van der Waals surface area contributed by atoms with Crippen LogP contribution in [0, 0.1) is 6.92 Å². The van der Waals surface area contributed by atoms with Gasteiger partial charge in [0.25, 0.3) is 0 Å². The first kappa shape index (κ1) is 9.05. The number of hydrogen-bond acceptors (Lipinski definition) is 5. The van der Waals surface area contributed by atoms with Gasteiger partial charge in [-0.25, -0.2) is 0 Å². The highest BCUT2D eigenvalue weighted by atomic mass is 16.5. The van der Waals surface area contributed by atoms with E-state index in [-0.39, 0.29) is 0 Å². The molecule has 0 saturated carbocycles. The third kappa shape index (κ3) is 2.25. The van der Waals surface area contributed by atoms with Gasteiger partial charge in [0.15, 0.2) is 5.96 Å².